The number of piperidine rings is 1. The Kier molecular flexibility index (Phi) is 7.49. The molecule has 0 radical (unpaired) electrons. The number of benzene rings is 3. The average Bonchev–Trinajstić information content (AvgIpc) is 3.48. The second-order valence-corrected chi connectivity index (χ2v) is 13.4. The zero-order chi connectivity index (χ0) is 30.7. The van der Waals surface area contributed by atoms with Crippen LogP contribution in [0.25, 0.3) is 32.8 Å². The van der Waals surface area contributed by atoms with Gasteiger partial charge in [-0.15, -0.1) is 0 Å². The Morgan fingerprint density at radius 3 is 2.51 bits per heavy atom. The van der Waals surface area contributed by atoms with Crippen LogP contribution in [0.2, 0.25) is 0 Å². The fourth-order valence-corrected chi connectivity index (χ4v) is 8.66. The molecule has 4 fully saturated rings. The molecule has 4 unspecified atom stereocenters. The van der Waals surface area contributed by atoms with E-state index in [4.69, 9.17) is 9.72 Å². The second-order valence-electron chi connectivity index (χ2n) is 13.4. The zero-order valence-electron chi connectivity index (χ0n) is 25.9. The number of ether oxygens (including phenoxy) is 1. The molecule has 7 nitrogen and oxygen atoms in total. The molecule has 3 aromatic carbocycles. The zero-order valence-corrected chi connectivity index (χ0v) is 25.9. The maximum Gasteiger partial charge on any atom is 0.319 e. The van der Waals surface area contributed by atoms with Crippen LogP contribution in [0.4, 0.5) is 14.6 Å². The molecule has 0 amide bonds. The molecule has 4 aliphatic heterocycles. The summed E-state index contributed by atoms with van der Waals surface area (Å²) in [5, 5.41) is 16.0. The highest BCUT2D eigenvalue weighted by molar-refractivity contribution is 6.03. The van der Waals surface area contributed by atoms with Gasteiger partial charge >= 0.3 is 6.01 Å². The summed E-state index contributed by atoms with van der Waals surface area (Å²) in [6.07, 6.45) is 10.2. The van der Waals surface area contributed by atoms with Gasteiger partial charge in [0.1, 0.15) is 22.9 Å². The second kappa shape index (κ2) is 11.7. The van der Waals surface area contributed by atoms with Crippen molar-refractivity contribution in [3.63, 3.8) is 0 Å². The van der Waals surface area contributed by atoms with Crippen LogP contribution in [0.1, 0.15) is 63.9 Å². The number of aromatic nitrogens is 2. The van der Waals surface area contributed by atoms with E-state index in [-0.39, 0.29) is 22.8 Å². The Morgan fingerprint density at radius 1 is 0.978 bits per heavy atom. The van der Waals surface area contributed by atoms with Crippen molar-refractivity contribution in [3.8, 4) is 22.9 Å². The average molecular weight is 614 g/mol. The molecular weight excluding hydrogens is 572 g/mol. The van der Waals surface area contributed by atoms with Gasteiger partial charge in [0.2, 0.25) is 0 Å². The molecule has 1 aromatic heterocycles. The Morgan fingerprint density at radius 2 is 1.76 bits per heavy atom. The van der Waals surface area contributed by atoms with Crippen molar-refractivity contribution in [2.75, 3.05) is 31.1 Å². The SMILES string of the molecule is CCc1cccc2cc(O)cc(-c3c(F)cc4c(N5CC6CCC(C5)N6)nc(OCCCN5C6CCCC5CC6)nc4c3F)c12. The van der Waals surface area contributed by atoms with Gasteiger partial charge in [-0.1, -0.05) is 31.5 Å². The quantitative estimate of drug-likeness (QED) is 0.214. The van der Waals surface area contributed by atoms with Gasteiger partial charge in [-0.3, -0.25) is 4.90 Å². The molecule has 0 saturated carbocycles. The molecule has 9 heteroatoms. The fraction of sp³-hybridized carbons (Fsp3) is 0.500. The fourth-order valence-electron chi connectivity index (χ4n) is 8.66. The number of nitrogens with one attached hydrogen (secondary N) is 1. The van der Waals surface area contributed by atoms with Gasteiger partial charge in [0.15, 0.2) is 5.82 Å². The first-order valence-corrected chi connectivity index (χ1v) is 16.8. The topological polar surface area (TPSA) is 73.8 Å². The van der Waals surface area contributed by atoms with Crippen molar-refractivity contribution < 1.29 is 18.6 Å². The Hall–Kier alpha value is -3.56. The van der Waals surface area contributed by atoms with E-state index in [0.717, 1.165) is 42.1 Å². The standard InChI is InChI=1S/C36H41F2N5O2/c1-2-21-6-3-7-22-16-27(44)17-28(31(21)22)32-30(37)18-29-34(33(32)38)40-36(41-35(29)42-19-23-10-11-24(20-42)39-23)45-15-5-14-43-25-8-4-9-26(43)13-12-25/h3,6-7,16-18,23-26,39,44H,2,4-5,8-15,19-20H2,1H3. The van der Waals surface area contributed by atoms with Crippen molar-refractivity contribution in [1.82, 2.24) is 20.2 Å². The van der Waals surface area contributed by atoms with Crippen LogP contribution in [0.5, 0.6) is 11.8 Å². The van der Waals surface area contributed by atoms with Crippen molar-refractivity contribution in [3.05, 3.63) is 53.6 Å². The first-order chi connectivity index (χ1) is 22.0. The minimum Gasteiger partial charge on any atom is -0.508 e. The van der Waals surface area contributed by atoms with Crippen molar-refractivity contribution in [1.29, 1.82) is 0 Å². The van der Waals surface area contributed by atoms with E-state index in [9.17, 15) is 5.11 Å². The smallest absolute Gasteiger partial charge is 0.319 e. The summed E-state index contributed by atoms with van der Waals surface area (Å²) in [6, 6.07) is 12.3. The third kappa shape index (κ3) is 5.18. The van der Waals surface area contributed by atoms with Crippen molar-refractivity contribution in [2.45, 2.75) is 88.9 Å². The number of aryl methyl sites for hydroxylation is 1. The summed E-state index contributed by atoms with van der Waals surface area (Å²) >= 11 is 0. The number of rotatable bonds is 8. The number of hydrogen-bond donors (Lipinski definition) is 2. The van der Waals surface area contributed by atoms with Crippen LogP contribution in [-0.4, -0.2) is 70.4 Å². The summed E-state index contributed by atoms with van der Waals surface area (Å²) < 4.78 is 39.2. The molecule has 4 aromatic rings. The molecule has 45 heavy (non-hydrogen) atoms. The molecule has 8 rings (SSSR count). The van der Waals surface area contributed by atoms with Crippen LogP contribution in [-0.2, 0) is 6.42 Å². The summed E-state index contributed by atoms with van der Waals surface area (Å²) in [5.41, 5.74) is 1.11. The van der Waals surface area contributed by atoms with Gasteiger partial charge in [-0.25, -0.2) is 8.78 Å². The first kappa shape index (κ1) is 28.9. The van der Waals surface area contributed by atoms with Gasteiger partial charge < -0.3 is 20.1 Å². The van der Waals surface area contributed by atoms with Gasteiger partial charge in [-0.05, 0) is 91.5 Å². The van der Waals surface area contributed by atoms with Gasteiger partial charge in [0, 0.05) is 49.2 Å². The lowest BCUT2D eigenvalue weighted by Crippen LogP contribution is -2.51. The number of piperazine rings is 1. The predicted molar refractivity (Wildman–Crippen MR) is 173 cm³/mol. The van der Waals surface area contributed by atoms with Crippen LogP contribution in [0, 0.1) is 11.6 Å². The molecule has 236 valence electrons. The number of nitrogens with zero attached hydrogens (tertiary/aromatic N) is 4. The number of aromatic hydroxyl groups is 1. The maximum atomic E-state index is 16.8. The van der Waals surface area contributed by atoms with Crippen molar-refractivity contribution in [2.24, 2.45) is 0 Å². The summed E-state index contributed by atoms with van der Waals surface area (Å²) in [7, 11) is 0. The molecule has 4 bridgehead atoms. The van der Waals surface area contributed by atoms with Crippen molar-refractivity contribution >= 4 is 27.5 Å². The molecule has 0 spiro atoms. The van der Waals surface area contributed by atoms with E-state index in [1.165, 1.54) is 44.2 Å². The van der Waals surface area contributed by atoms with E-state index in [2.05, 4.69) is 20.1 Å². The first-order valence-electron chi connectivity index (χ1n) is 16.8. The molecule has 4 aliphatic rings. The summed E-state index contributed by atoms with van der Waals surface area (Å²) in [5.74, 6) is -0.998. The van der Waals surface area contributed by atoms with Crippen LogP contribution in [0.3, 0.4) is 0 Å². The molecule has 4 atom stereocenters. The normalized spacial score (nSPS) is 24.6. The van der Waals surface area contributed by atoms with E-state index in [1.807, 2.05) is 25.1 Å². The van der Waals surface area contributed by atoms with Gasteiger partial charge in [0.05, 0.1) is 12.2 Å². The number of anilines is 1. The minimum atomic E-state index is -0.765. The van der Waals surface area contributed by atoms with E-state index < -0.39 is 11.6 Å². The summed E-state index contributed by atoms with van der Waals surface area (Å²) in [6.45, 7) is 4.84. The lowest BCUT2D eigenvalue weighted by Gasteiger charge is -2.34. The van der Waals surface area contributed by atoms with Gasteiger partial charge in [0.25, 0.3) is 0 Å². The Bertz CT molecular complexity index is 1740. The van der Waals surface area contributed by atoms with E-state index in [1.54, 1.807) is 6.07 Å². The predicted octanol–water partition coefficient (Wildman–Crippen LogP) is 6.72. The third-order valence-corrected chi connectivity index (χ3v) is 10.7. The molecule has 2 N–H and O–H groups in total. The monoisotopic (exact) mass is 613 g/mol. The number of phenolic OH excluding ortho intramolecular Hbond substituents is 1. The molecular formula is C36H41F2N5O2. The highest BCUT2D eigenvalue weighted by atomic mass is 19.1. The van der Waals surface area contributed by atoms with E-state index in [0.29, 0.717) is 67.1 Å². The van der Waals surface area contributed by atoms with Crippen LogP contribution >= 0.6 is 0 Å². The largest absolute Gasteiger partial charge is 0.508 e. The number of phenols is 1. The Balaban J connectivity index is 1.19. The third-order valence-electron chi connectivity index (χ3n) is 10.7. The molecule has 5 heterocycles. The molecule has 0 aliphatic carbocycles. The highest BCUT2D eigenvalue weighted by Crippen LogP contribution is 2.42. The molecule has 4 saturated heterocycles. The number of hydrogen-bond acceptors (Lipinski definition) is 7. The number of halogens is 2. The Labute approximate surface area is 262 Å². The number of fused-ring (bicyclic) bond motifs is 6. The van der Waals surface area contributed by atoms with Crippen LogP contribution < -0.4 is 15.0 Å². The summed E-state index contributed by atoms with van der Waals surface area (Å²) in [4.78, 5) is 14.2. The van der Waals surface area contributed by atoms with Crippen LogP contribution in [0.15, 0.2) is 36.4 Å². The van der Waals surface area contributed by atoms with Gasteiger partial charge in [-0.2, -0.15) is 9.97 Å². The maximum absolute atomic E-state index is 16.8. The highest BCUT2D eigenvalue weighted by Gasteiger charge is 2.36. The van der Waals surface area contributed by atoms with E-state index >= 15 is 8.78 Å². The minimum absolute atomic E-state index is 0.0387. The lowest BCUT2D eigenvalue weighted by molar-refractivity contribution is 0.129. The lowest BCUT2D eigenvalue weighted by atomic mass is 9.92.